The summed E-state index contributed by atoms with van der Waals surface area (Å²) in [4.78, 5) is 82.0. The van der Waals surface area contributed by atoms with Gasteiger partial charge in [-0.3, -0.25) is 43.8 Å². The van der Waals surface area contributed by atoms with Crippen LogP contribution in [0.25, 0.3) is 0 Å². The number of benzene rings is 4. The second-order valence-corrected chi connectivity index (χ2v) is 18.3. The minimum atomic E-state index is -0.360. The zero-order chi connectivity index (χ0) is 50.1. The maximum absolute atomic E-state index is 13.6. The number of amides is 4. The maximum Gasteiger partial charge on any atom is 0.256 e. The molecule has 2 atom stereocenters. The second kappa shape index (κ2) is 22.6. The van der Waals surface area contributed by atoms with Crippen LogP contribution < -0.4 is 23.7 Å². The van der Waals surface area contributed by atoms with E-state index in [4.69, 9.17) is 33.7 Å². The average molecular weight is 979 g/mol. The molecule has 9 rings (SSSR count). The van der Waals surface area contributed by atoms with Crippen LogP contribution in [0.4, 0.5) is 11.4 Å². The second-order valence-electron chi connectivity index (χ2n) is 18.3. The van der Waals surface area contributed by atoms with E-state index in [-0.39, 0.29) is 94.0 Å². The molecule has 17 nitrogen and oxygen atoms in total. The molecule has 4 amide bonds. The fraction of sp³-hybridized carbons (Fsp3) is 0.382. The van der Waals surface area contributed by atoms with Crippen LogP contribution in [0.1, 0.15) is 101 Å². The molecule has 4 aromatic carbocycles. The van der Waals surface area contributed by atoms with Crippen LogP contribution in [-0.4, -0.2) is 126 Å². The molecule has 0 aliphatic carbocycles. The van der Waals surface area contributed by atoms with Gasteiger partial charge in [-0.05, 0) is 123 Å². The van der Waals surface area contributed by atoms with Gasteiger partial charge in [-0.25, -0.2) is 0 Å². The smallest absolute Gasteiger partial charge is 0.256 e. The van der Waals surface area contributed by atoms with Crippen molar-refractivity contribution in [2.45, 2.75) is 90.2 Å². The van der Waals surface area contributed by atoms with Crippen LogP contribution in [-0.2, 0) is 34.2 Å². The Morgan fingerprint density at radius 3 is 1.89 bits per heavy atom. The molecule has 0 saturated carbocycles. The third-order valence-corrected chi connectivity index (χ3v) is 13.4. The summed E-state index contributed by atoms with van der Waals surface area (Å²) in [5.74, 6) is 1.39. The largest absolute Gasteiger partial charge is 0.493 e. The van der Waals surface area contributed by atoms with Gasteiger partial charge in [0.2, 0.25) is 0 Å². The van der Waals surface area contributed by atoms with Crippen LogP contribution in [0, 0.1) is 0 Å². The quantitative estimate of drug-likeness (QED) is 0.0530. The number of nitrogens with zero attached hydrogens (tertiary/aromatic N) is 6. The number of piperidine rings is 2. The number of carbonyl (C=O) groups excluding carboxylic acids is 5. The molecule has 1 N–H and O–H groups in total. The van der Waals surface area contributed by atoms with Gasteiger partial charge >= 0.3 is 0 Å². The van der Waals surface area contributed by atoms with E-state index in [1.54, 1.807) is 24.3 Å². The summed E-state index contributed by atoms with van der Waals surface area (Å²) in [6, 6.07) is 19.7. The molecule has 0 unspecified atom stereocenters. The van der Waals surface area contributed by atoms with Crippen molar-refractivity contribution in [3.05, 3.63) is 112 Å². The van der Waals surface area contributed by atoms with Crippen molar-refractivity contribution in [2.24, 2.45) is 15.0 Å². The predicted molar refractivity (Wildman–Crippen MR) is 269 cm³/mol. The monoisotopic (exact) mass is 978 g/mol. The van der Waals surface area contributed by atoms with Gasteiger partial charge in [-0.2, -0.15) is 0 Å². The number of aliphatic hydroxyl groups is 1. The number of hydrogen-bond acceptors (Lipinski definition) is 14. The SMILES string of the molecule is COc1cc2c(cc1OCc1cc(COc3cc4c(cc3CO)C(=O)N3CCCC[C@H]3C=N4)cc(OCCOc3ccc(C(C)=NCC(=O)CCCN4C(=O)C=CC4=O)cc3)c1)N=C[C@@H]1CCCCN1C2=O. The average Bonchev–Trinajstić information content (AvgIpc) is 3.56. The minimum absolute atomic E-state index is 0.00420. The van der Waals surface area contributed by atoms with Gasteiger partial charge in [0.15, 0.2) is 17.3 Å². The highest BCUT2D eigenvalue weighted by Gasteiger charge is 2.33. The first-order chi connectivity index (χ1) is 35.0. The molecule has 374 valence electrons. The number of fused-ring (bicyclic) bond motifs is 4. The van der Waals surface area contributed by atoms with Crippen LogP contribution in [0.2, 0.25) is 0 Å². The fourth-order valence-electron chi connectivity index (χ4n) is 9.50. The van der Waals surface area contributed by atoms with E-state index in [1.807, 2.05) is 71.6 Å². The normalized spacial score (nSPS) is 18.3. The molecular weight excluding hydrogens is 921 g/mol. The molecule has 5 aliphatic rings. The first-order valence-corrected chi connectivity index (χ1v) is 24.6. The van der Waals surface area contributed by atoms with Crippen molar-refractivity contribution in [1.29, 1.82) is 0 Å². The molecule has 0 bridgehead atoms. The Kier molecular flexibility index (Phi) is 15.5. The Hall–Kier alpha value is -7.66. The van der Waals surface area contributed by atoms with Crippen molar-refractivity contribution in [1.82, 2.24) is 14.7 Å². The summed E-state index contributed by atoms with van der Waals surface area (Å²) in [7, 11) is 1.54. The molecule has 0 spiro atoms. The van der Waals surface area contributed by atoms with E-state index in [2.05, 4.69) is 4.99 Å². The van der Waals surface area contributed by atoms with Crippen molar-refractivity contribution < 1.29 is 52.8 Å². The van der Waals surface area contributed by atoms with Gasteiger partial charge < -0.3 is 38.6 Å². The summed E-state index contributed by atoms with van der Waals surface area (Å²) in [6.45, 7) is 3.61. The fourth-order valence-corrected chi connectivity index (χ4v) is 9.50. The molecule has 17 heteroatoms. The van der Waals surface area contributed by atoms with Crippen molar-refractivity contribution in [2.75, 3.05) is 46.5 Å². The van der Waals surface area contributed by atoms with Crippen LogP contribution >= 0.6 is 0 Å². The highest BCUT2D eigenvalue weighted by molar-refractivity contribution is 6.13. The number of aliphatic hydroxyl groups excluding tert-OH is 1. The van der Waals surface area contributed by atoms with E-state index in [1.165, 1.54) is 19.3 Å². The Morgan fingerprint density at radius 2 is 1.28 bits per heavy atom. The van der Waals surface area contributed by atoms with Gasteiger partial charge in [-0.15, -0.1) is 0 Å². The highest BCUT2D eigenvalue weighted by atomic mass is 16.5. The number of rotatable bonds is 20. The highest BCUT2D eigenvalue weighted by Crippen LogP contribution is 2.39. The Labute approximate surface area is 417 Å². The molecule has 5 heterocycles. The van der Waals surface area contributed by atoms with Crippen molar-refractivity contribution in [3.63, 3.8) is 0 Å². The Bertz CT molecular complexity index is 2720. The zero-order valence-electron chi connectivity index (χ0n) is 40.5. The number of ether oxygens (including phenoxy) is 5. The van der Waals surface area contributed by atoms with Gasteiger partial charge in [0.05, 0.1) is 54.8 Å². The van der Waals surface area contributed by atoms with Gasteiger partial charge in [-0.1, -0.05) is 0 Å². The van der Waals surface area contributed by atoms with Crippen molar-refractivity contribution >= 4 is 58.9 Å². The number of hydrogen-bond donors (Lipinski definition) is 1. The van der Waals surface area contributed by atoms with Crippen molar-refractivity contribution in [3.8, 4) is 28.7 Å². The lowest BCUT2D eigenvalue weighted by molar-refractivity contribution is -0.137. The van der Waals surface area contributed by atoms with Crippen LogP contribution in [0.3, 0.4) is 0 Å². The predicted octanol–water partition coefficient (Wildman–Crippen LogP) is 7.31. The first kappa shape index (κ1) is 49.3. The first-order valence-electron chi connectivity index (χ1n) is 24.6. The topological polar surface area (TPSA) is 199 Å². The Balaban J connectivity index is 0.864. The van der Waals surface area contributed by atoms with E-state index < -0.39 is 0 Å². The third kappa shape index (κ3) is 11.4. The number of aliphatic imine (C=N–C) groups is 3. The molecular formula is C55H58N6O11. The van der Waals surface area contributed by atoms with E-state index in [0.717, 1.165) is 60.1 Å². The summed E-state index contributed by atoms with van der Waals surface area (Å²) in [5, 5.41) is 10.5. The van der Waals surface area contributed by atoms with Crippen LogP contribution in [0.15, 0.2) is 93.9 Å². The number of Topliss-reactive ketones (excluding diaryl/α,β-unsaturated/α-hetero) is 1. The maximum atomic E-state index is 13.6. The van der Waals surface area contributed by atoms with Gasteiger partial charge in [0.25, 0.3) is 23.6 Å². The summed E-state index contributed by atoms with van der Waals surface area (Å²) < 4.78 is 30.8. The van der Waals surface area contributed by atoms with E-state index in [0.29, 0.717) is 82.0 Å². The van der Waals surface area contributed by atoms with E-state index >= 15 is 0 Å². The standard InChI is InChI=1S/C55H58N6O11/c1-35(56-31-42(63)10-7-19-61-52(64)15-16-53(61)65)38-11-13-43(14-12-38)69-20-21-70-44-23-36(33-71-49-27-47-45(25-39(49)32-62)54(66)59-17-5-3-8-40(59)29-57-47)22-37(24-44)34-72-51-28-48-46(26-50(51)68-2)55(67)60-18-6-4-9-41(60)30-58-48/h11-16,22-30,40-41,62H,3-10,17-21,31-34H2,1-2H3/t40-,41-/m0/s1. The lowest BCUT2D eigenvalue weighted by Gasteiger charge is -2.32. The van der Waals surface area contributed by atoms with Gasteiger partial charge in [0.1, 0.15) is 43.7 Å². The minimum Gasteiger partial charge on any atom is -0.493 e. The van der Waals surface area contributed by atoms with Crippen LogP contribution in [0.5, 0.6) is 28.7 Å². The lowest BCUT2D eigenvalue weighted by Crippen LogP contribution is -2.43. The molecule has 72 heavy (non-hydrogen) atoms. The number of imide groups is 1. The molecule has 0 radical (unpaired) electrons. The summed E-state index contributed by atoms with van der Waals surface area (Å²) in [6.07, 6.45) is 12.4. The molecule has 5 aliphatic heterocycles. The van der Waals surface area contributed by atoms with E-state index in [9.17, 15) is 29.1 Å². The lowest BCUT2D eigenvalue weighted by atomic mass is 10.0. The number of carbonyl (C=O) groups is 5. The third-order valence-electron chi connectivity index (χ3n) is 13.4. The number of ketones is 1. The zero-order valence-corrected chi connectivity index (χ0v) is 40.5. The Morgan fingerprint density at radius 1 is 0.694 bits per heavy atom. The molecule has 4 aromatic rings. The molecule has 2 fully saturated rings. The molecule has 2 saturated heterocycles. The molecule has 0 aromatic heterocycles. The van der Waals surface area contributed by atoms with Gasteiger partial charge in [0, 0.05) is 74.0 Å². The number of methoxy groups -OCH3 is 1. The summed E-state index contributed by atoms with van der Waals surface area (Å²) >= 11 is 0. The summed E-state index contributed by atoms with van der Waals surface area (Å²) in [5.41, 5.74) is 5.38.